The number of rotatable bonds is 0. The van der Waals surface area contributed by atoms with Crippen LogP contribution in [0.2, 0.25) is 0 Å². The van der Waals surface area contributed by atoms with Crippen LogP contribution in [-0.2, 0) is 0 Å². The molecule has 32 heavy (non-hydrogen) atoms. The quantitative estimate of drug-likeness (QED) is 0.348. The van der Waals surface area contributed by atoms with Crippen molar-refractivity contribution < 1.29 is 0 Å². The third-order valence-electron chi connectivity index (χ3n) is 4.54. The van der Waals surface area contributed by atoms with E-state index in [1.165, 1.54) is 0 Å². The monoisotopic (exact) mass is 398 g/mol. The van der Waals surface area contributed by atoms with E-state index in [0.29, 0.717) is 0 Å². The molecular weight excluding hydrogens is 384 g/mol. The predicted octanol–water partition coefficient (Wildman–Crippen LogP) is 5.41. The van der Waals surface area contributed by atoms with Gasteiger partial charge in [-0.1, -0.05) is 84.6 Å². The highest BCUT2D eigenvalue weighted by Crippen LogP contribution is 2.18. The van der Waals surface area contributed by atoms with Crippen molar-refractivity contribution in [3.05, 3.63) is 96.1 Å². The Balaban J connectivity index is 1.37. The highest BCUT2D eigenvalue weighted by Gasteiger charge is 1.96. The number of hydrogen-bond donors (Lipinski definition) is 0. The summed E-state index contributed by atoms with van der Waals surface area (Å²) >= 11 is 0. The van der Waals surface area contributed by atoms with Crippen molar-refractivity contribution in [1.29, 1.82) is 0 Å². The summed E-state index contributed by atoms with van der Waals surface area (Å²) in [5, 5.41) is 4.54. The van der Waals surface area contributed by atoms with E-state index in [4.69, 9.17) is 0 Å². The summed E-state index contributed by atoms with van der Waals surface area (Å²) in [7, 11) is 0. The van der Waals surface area contributed by atoms with Crippen molar-refractivity contribution in [2.75, 3.05) is 0 Å². The van der Waals surface area contributed by atoms with Crippen LogP contribution >= 0.6 is 0 Å². The zero-order chi connectivity index (χ0) is 21.8. The summed E-state index contributed by atoms with van der Waals surface area (Å²) < 4.78 is 0. The van der Waals surface area contributed by atoms with Crippen LogP contribution in [-0.4, -0.2) is 0 Å². The van der Waals surface area contributed by atoms with Crippen LogP contribution in [0.5, 0.6) is 0 Å². The van der Waals surface area contributed by atoms with Crippen LogP contribution in [0.4, 0.5) is 0 Å². The molecule has 0 unspecified atom stereocenters. The molecule has 0 saturated heterocycles. The highest BCUT2D eigenvalue weighted by molar-refractivity contribution is 5.89. The van der Waals surface area contributed by atoms with Gasteiger partial charge in [0, 0.05) is 11.1 Å². The lowest BCUT2D eigenvalue weighted by molar-refractivity contribution is 1.70. The average molecular weight is 398 g/mol. The molecule has 4 aromatic rings. The molecule has 4 rings (SSSR count). The second-order valence-corrected chi connectivity index (χ2v) is 6.55. The van der Waals surface area contributed by atoms with Crippen molar-refractivity contribution in [1.82, 2.24) is 0 Å². The maximum Gasteiger partial charge on any atom is 0.0334 e. The third-order valence-corrected chi connectivity index (χ3v) is 4.54. The summed E-state index contributed by atoms with van der Waals surface area (Å²) in [6.07, 6.45) is 0. The predicted molar refractivity (Wildman–Crippen MR) is 133 cm³/mol. The molecule has 0 bridgehead atoms. The van der Waals surface area contributed by atoms with E-state index in [1.807, 2.05) is 48.5 Å². The number of fused-ring (bicyclic) bond motifs is 2. The summed E-state index contributed by atoms with van der Waals surface area (Å²) in [6.45, 7) is 0. The fourth-order valence-electron chi connectivity index (χ4n) is 3.12. The van der Waals surface area contributed by atoms with Gasteiger partial charge in [0.15, 0.2) is 0 Å². The van der Waals surface area contributed by atoms with Gasteiger partial charge in [-0.05, 0) is 92.9 Å². The van der Waals surface area contributed by atoms with E-state index in [2.05, 4.69) is 107 Å². The van der Waals surface area contributed by atoms with Gasteiger partial charge in [-0.15, -0.1) is 0 Å². The van der Waals surface area contributed by atoms with Crippen LogP contribution in [0, 0.1) is 71.0 Å². The first-order valence-corrected chi connectivity index (χ1v) is 9.89. The summed E-state index contributed by atoms with van der Waals surface area (Å²) in [6, 6.07) is 28.3. The fraction of sp³-hybridized carbons (Fsp3) is 0. The molecule has 0 aromatic heterocycles. The van der Waals surface area contributed by atoms with E-state index >= 15 is 0 Å². The van der Waals surface area contributed by atoms with Crippen molar-refractivity contribution in [2.45, 2.75) is 0 Å². The molecule has 0 aliphatic heterocycles. The molecule has 0 atom stereocenters. The summed E-state index contributed by atoms with van der Waals surface area (Å²) in [5.74, 6) is 33.2. The molecule has 0 aliphatic carbocycles. The maximum atomic E-state index is 3.07. The minimum atomic E-state index is 0.949. The van der Waals surface area contributed by atoms with Gasteiger partial charge >= 0.3 is 0 Å². The molecular formula is C32H14. The molecule has 0 nitrogen and oxygen atoms in total. The van der Waals surface area contributed by atoms with Crippen LogP contribution in [0.15, 0.2) is 84.9 Å². The van der Waals surface area contributed by atoms with Gasteiger partial charge in [0.1, 0.15) is 0 Å². The maximum absolute atomic E-state index is 3.07. The van der Waals surface area contributed by atoms with E-state index in [0.717, 1.165) is 32.7 Å². The molecule has 0 spiro atoms. The lowest BCUT2D eigenvalue weighted by Gasteiger charge is -1.98. The van der Waals surface area contributed by atoms with Crippen LogP contribution in [0.1, 0.15) is 11.1 Å². The molecule has 0 aliphatic rings. The second kappa shape index (κ2) is 10.5. The van der Waals surface area contributed by atoms with Gasteiger partial charge in [0.2, 0.25) is 0 Å². The first-order chi connectivity index (χ1) is 15.9. The van der Waals surface area contributed by atoms with Gasteiger partial charge in [-0.25, -0.2) is 0 Å². The van der Waals surface area contributed by atoms with Gasteiger partial charge < -0.3 is 0 Å². The Morgan fingerprint density at radius 3 is 1.09 bits per heavy atom. The smallest absolute Gasteiger partial charge is 0.0334 e. The Labute approximate surface area is 188 Å². The highest BCUT2D eigenvalue weighted by atomic mass is 14.0. The Hall–Kier alpha value is -5.24. The largest absolute Gasteiger partial charge is 0.0616 e. The molecule has 0 amide bonds. The lowest BCUT2D eigenvalue weighted by atomic mass is 10.1. The zero-order valence-corrected chi connectivity index (χ0v) is 17.1. The van der Waals surface area contributed by atoms with E-state index < -0.39 is 0 Å². The van der Waals surface area contributed by atoms with E-state index in [-0.39, 0.29) is 0 Å². The Morgan fingerprint density at radius 2 is 0.656 bits per heavy atom. The number of benzene rings is 4. The van der Waals surface area contributed by atoms with Gasteiger partial charge in [-0.3, -0.25) is 0 Å². The van der Waals surface area contributed by atoms with Crippen LogP contribution in [0.25, 0.3) is 21.5 Å². The lowest BCUT2D eigenvalue weighted by Crippen LogP contribution is -1.78. The average Bonchev–Trinajstić information content (AvgIpc) is 2.85. The van der Waals surface area contributed by atoms with Crippen molar-refractivity contribution in [3.63, 3.8) is 0 Å². The fourth-order valence-corrected chi connectivity index (χ4v) is 3.12. The van der Waals surface area contributed by atoms with Gasteiger partial charge in [-0.2, -0.15) is 0 Å². The summed E-state index contributed by atoms with van der Waals surface area (Å²) in [4.78, 5) is 0. The van der Waals surface area contributed by atoms with E-state index in [9.17, 15) is 0 Å². The normalized spacial score (nSPS) is 8.38. The van der Waals surface area contributed by atoms with Crippen LogP contribution in [0.3, 0.4) is 0 Å². The molecule has 0 heterocycles. The topological polar surface area (TPSA) is 0 Å². The molecule has 0 radical (unpaired) electrons. The molecule has 142 valence electrons. The second-order valence-electron chi connectivity index (χ2n) is 6.55. The molecule has 0 N–H and O–H groups in total. The Morgan fingerprint density at radius 1 is 0.312 bits per heavy atom. The Kier molecular flexibility index (Phi) is 6.59. The Bertz CT molecular complexity index is 1550. The van der Waals surface area contributed by atoms with Crippen molar-refractivity contribution in [2.24, 2.45) is 0 Å². The zero-order valence-electron chi connectivity index (χ0n) is 17.1. The molecule has 4 aromatic carbocycles. The molecule has 0 saturated carbocycles. The summed E-state index contributed by atoms with van der Waals surface area (Å²) in [5.41, 5.74) is 1.90. The molecule has 0 fully saturated rings. The van der Waals surface area contributed by atoms with Crippen LogP contribution < -0.4 is 0 Å². The SMILES string of the molecule is C(C#CC#CC#Cc1cccc2ccccc12)#CC#CC#Cc1cccc2ccccc12. The standard InChI is InChI=1S/C32H14/c1(3-5-7-9-17-27-21-15-23-29-19-11-13-25-31(27)29)2-4-6-8-10-18-28-22-16-24-30-20-12-14-26-32(28)30/h11-16,19-26H. The first-order valence-electron chi connectivity index (χ1n) is 9.89. The van der Waals surface area contributed by atoms with E-state index in [1.54, 1.807) is 0 Å². The van der Waals surface area contributed by atoms with Gasteiger partial charge in [0.25, 0.3) is 0 Å². The minimum Gasteiger partial charge on any atom is -0.0616 e. The third kappa shape index (κ3) is 5.22. The molecule has 0 heteroatoms. The van der Waals surface area contributed by atoms with Crippen molar-refractivity contribution >= 4 is 21.5 Å². The van der Waals surface area contributed by atoms with Gasteiger partial charge in [0.05, 0.1) is 0 Å². The number of hydrogen-bond acceptors (Lipinski definition) is 0. The van der Waals surface area contributed by atoms with Crippen molar-refractivity contribution in [3.8, 4) is 71.0 Å². The first kappa shape index (κ1) is 20.0. The minimum absolute atomic E-state index is 0.949.